The second kappa shape index (κ2) is 17.2. The van der Waals surface area contributed by atoms with Crippen LogP contribution in [0.4, 0.5) is 9.59 Å². The average molecular weight is 806 g/mol. The molecule has 3 fully saturated rings. The second-order valence-electron chi connectivity index (χ2n) is 15.6. The average Bonchev–Trinajstić information content (AvgIpc) is 3.46. The van der Waals surface area contributed by atoms with E-state index in [1.165, 1.54) is 30.2 Å². The van der Waals surface area contributed by atoms with E-state index in [2.05, 4.69) is 15.4 Å². The number of alkyl carbamates (subject to hydrolysis) is 1. The van der Waals surface area contributed by atoms with E-state index in [0.29, 0.717) is 38.8 Å². The molecule has 0 bridgehead atoms. The van der Waals surface area contributed by atoms with Gasteiger partial charge in [0, 0.05) is 25.4 Å². The molecule has 3 heterocycles. The molecule has 5 atom stereocenters. The number of methoxy groups -OCH3 is 1. The van der Waals surface area contributed by atoms with Gasteiger partial charge in [-0.2, -0.15) is 0 Å². The summed E-state index contributed by atoms with van der Waals surface area (Å²) in [6.07, 6.45) is 8.48. The first-order valence-corrected chi connectivity index (χ1v) is 21.4. The Morgan fingerprint density at radius 2 is 1.63 bits per heavy atom. The maximum absolute atomic E-state index is 14.5. The zero-order chi connectivity index (χ0) is 40.2. The number of carbonyl (C=O) groups excluding carboxylic acids is 5. The van der Waals surface area contributed by atoms with Crippen LogP contribution in [0.25, 0.3) is 0 Å². The first-order chi connectivity index (χ1) is 27.5. The number of hydrogen-bond donors (Lipinski definition) is 3. The monoisotopic (exact) mass is 805 g/mol. The van der Waals surface area contributed by atoms with Crippen molar-refractivity contribution in [2.24, 2.45) is 5.92 Å². The SMILES string of the molecule is COc1ccccc1S(=O)(=O)NC(=O)[C@@]12C[C@H]1/C=C\CCCCC[C@H](NC(=O)OC1CCCC1)C(=O)N1C[C@H](OC(=O)N3CCc4ccccc4C3)C[C@H]1C(=O)N2. The molecule has 2 aromatic carbocycles. The fraction of sp³-hybridized carbons (Fsp3) is 0.537. The Bertz CT molecular complexity index is 2000. The minimum Gasteiger partial charge on any atom is -0.495 e. The van der Waals surface area contributed by atoms with Crippen molar-refractivity contribution in [2.45, 2.75) is 118 Å². The fourth-order valence-corrected chi connectivity index (χ4v) is 9.69. The lowest BCUT2D eigenvalue weighted by atomic mass is 10.0. The van der Waals surface area contributed by atoms with Crippen molar-refractivity contribution >= 4 is 39.9 Å². The molecule has 5 amide bonds. The lowest BCUT2D eigenvalue weighted by Crippen LogP contribution is -2.58. The summed E-state index contributed by atoms with van der Waals surface area (Å²) < 4.78 is 46.0. The molecule has 2 aromatic rings. The van der Waals surface area contributed by atoms with Gasteiger partial charge in [0.15, 0.2) is 0 Å². The van der Waals surface area contributed by atoms with Crippen LogP contribution in [0.5, 0.6) is 5.75 Å². The lowest BCUT2D eigenvalue weighted by Gasteiger charge is -2.30. The predicted molar refractivity (Wildman–Crippen MR) is 206 cm³/mol. The summed E-state index contributed by atoms with van der Waals surface area (Å²) in [6, 6.07) is 11.5. The summed E-state index contributed by atoms with van der Waals surface area (Å²) in [4.78, 5) is 72.3. The van der Waals surface area contributed by atoms with Crippen LogP contribution in [0, 0.1) is 5.92 Å². The molecule has 1 saturated heterocycles. The Morgan fingerprint density at radius 1 is 0.895 bits per heavy atom. The second-order valence-corrected chi connectivity index (χ2v) is 17.3. The molecule has 2 saturated carbocycles. The number of nitrogens with zero attached hydrogens (tertiary/aromatic N) is 2. The van der Waals surface area contributed by atoms with Gasteiger partial charge in [-0.3, -0.25) is 14.4 Å². The minimum absolute atomic E-state index is 0.0402. The smallest absolute Gasteiger partial charge is 0.410 e. The van der Waals surface area contributed by atoms with Crippen molar-refractivity contribution in [2.75, 3.05) is 20.2 Å². The molecule has 15 nitrogen and oxygen atoms in total. The fourth-order valence-electron chi connectivity index (χ4n) is 8.48. The Kier molecular flexibility index (Phi) is 12.1. The van der Waals surface area contributed by atoms with Crippen molar-refractivity contribution < 1.29 is 46.6 Å². The van der Waals surface area contributed by atoms with E-state index < -0.39 is 69.6 Å². The highest BCUT2D eigenvalue weighted by Crippen LogP contribution is 2.46. The number of amides is 5. The number of allylic oxidation sites excluding steroid dienone is 1. The number of para-hydroxylation sites is 1. The molecule has 5 aliphatic rings. The molecule has 3 N–H and O–H groups in total. The van der Waals surface area contributed by atoms with Gasteiger partial charge in [0.05, 0.1) is 13.7 Å². The summed E-state index contributed by atoms with van der Waals surface area (Å²) in [5.41, 5.74) is 0.524. The van der Waals surface area contributed by atoms with Gasteiger partial charge in [-0.1, -0.05) is 61.4 Å². The van der Waals surface area contributed by atoms with Crippen molar-refractivity contribution in [1.29, 1.82) is 0 Å². The quantitative estimate of drug-likeness (QED) is 0.344. The van der Waals surface area contributed by atoms with Crippen LogP contribution < -0.4 is 20.1 Å². The van der Waals surface area contributed by atoms with Gasteiger partial charge in [0.2, 0.25) is 11.8 Å². The van der Waals surface area contributed by atoms with E-state index >= 15 is 0 Å². The summed E-state index contributed by atoms with van der Waals surface area (Å²) >= 11 is 0. The number of rotatable bonds is 7. The summed E-state index contributed by atoms with van der Waals surface area (Å²) in [5, 5.41) is 5.60. The van der Waals surface area contributed by atoms with E-state index in [1.807, 2.05) is 36.4 Å². The highest BCUT2D eigenvalue weighted by Gasteiger charge is 2.62. The predicted octanol–water partition coefficient (Wildman–Crippen LogP) is 4.10. The molecule has 2 aliphatic carbocycles. The molecule has 3 aliphatic heterocycles. The zero-order valence-electron chi connectivity index (χ0n) is 32.2. The minimum atomic E-state index is -4.43. The maximum Gasteiger partial charge on any atom is 0.410 e. The van der Waals surface area contributed by atoms with Crippen molar-refractivity contribution in [3.05, 3.63) is 71.8 Å². The molecule has 0 radical (unpaired) electrons. The van der Waals surface area contributed by atoms with Crippen LogP contribution in [0.3, 0.4) is 0 Å². The van der Waals surface area contributed by atoms with Crippen LogP contribution >= 0.6 is 0 Å². The van der Waals surface area contributed by atoms with E-state index in [4.69, 9.17) is 14.2 Å². The lowest BCUT2D eigenvalue weighted by molar-refractivity contribution is -0.141. The van der Waals surface area contributed by atoms with Gasteiger partial charge in [-0.15, -0.1) is 0 Å². The number of sulfonamides is 1. The third-order valence-corrected chi connectivity index (χ3v) is 13.1. The van der Waals surface area contributed by atoms with Gasteiger partial charge >= 0.3 is 12.2 Å². The third kappa shape index (κ3) is 9.05. The first kappa shape index (κ1) is 40.1. The van der Waals surface area contributed by atoms with E-state index in [-0.39, 0.29) is 36.1 Å². The number of ether oxygens (including phenoxy) is 3. The van der Waals surface area contributed by atoms with Crippen molar-refractivity contribution in [1.82, 2.24) is 25.2 Å². The standard InChI is InChI=1S/C41H51N5O10S/c1-54-34-19-11-12-20-35(34)57(52,53)44-38(49)41-24-29(41)15-5-3-2-4-6-18-32(42-39(50)55-30-16-9-10-17-30)37(48)46-26-31(23-33(46)36(47)43-41)56-40(51)45-22-21-27-13-7-8-14-28(27)25-45/h5,7-8,11-15,19-20,29-33H,2-4,6,9-10,16-18,21-26H2,1H3,(H,42,50)(H,43,47)(H,44,49)/b15-5-/t29-,31-,32+,33+,41-/m1/s1. The molecule has 16 heteroatoms. The largest absolute Gasteiger partial charge is 0.495 e. The van der Waals surface area contributed by atoms with Crippen LogP contribution in [-0.2, 0) is 46.8 Å². The highest BCUT2D eigenvalue weighted by atomic mass is 32.2. The molecule has 0 unspecified atom stereocenters. The summed E-state index contributed by atoms with van der Waals surface area (Å²) in [5.74, 6) is -2.67. The van der Waals surface area contributed by atoms with Gasteiger partial charge in [-0.05, 0) is 81.0 Å². The zero-order valence-corrected chi connectivity index (χ0v) is 33.0. The van der Waals surface area contributed by atoms with Crippen LogP contribution in [0.15, 0.2) is 65.6 Å². The molecular weight excluding hydrogens is 755 g/mol. The number of nitrogens with one attached hydrogen (secondary N) is 3. The van der Waals surface area contributed by atoms with Crippen LogP contribution in [-0.4, -0.2) is 98.2 Å². The van der Waals surface area contributed by atoms with Crippen molar-refractivity contribution in [3.63, 3.8) is 0 Å². The number of benzene rings is 2. The Balaban J connectivity index is 1.14. The Hall–Kier alpha value is -5.12. The molecular formula is C41H51N5O10S. The summed E-state index contributed by atoms with van der Waals surface area (Å²) in [7, 11) is -3.11. The molecule has 0 aromatic heterocycles. The number of carbonyl (C=O) groups is 5. The molecule has 57 heavy (non-hydrogen) atoms. The molecule has 7 rings (SSSR count). The van der Waals surface area contributed by atoms with Crippen LogP contribution in [0.1, 0.15) is 81.8 Å². The van der Waals surface area contributed by atoms with Gasteiger partial charge in [0.25, 0.3) is 15.9 Å². The van der Waals surface area contributed by atoms with E-state index in [0.717, 1.165) is 49.7 Å². The van der Waals surface area contributed by atoms with E-state index in [1.54, 1.807) is 11.0 Å². The molecule has 0 spiro atoms. The maximum atomic E-state index is 14.5. The third-order valence-electron chi connectivity index (χ3n) is 11.8. The highest BCUT2D eigenvalue weighted by molar-refractivity contribution is 7.90. The molecule has 306 valence electrons. The van der Waals surface area contributed by atoms with E-state index in [9.17, 15) is 32.4 Å². The summed E-state index contributed by atoms with van der Waals surface area (Å²) in [6.45, 7) is 0.663. The number of fused-ring (bicyclic) bond motifs is 3. The Labute approximate surface area is 332 Å². The normalized spacial score (nSPS) is 27.3. The van der Waals surface area contributed by atoms with Gasteiger partial charge in [-0.25, -0.2) is 22.7 Å². The van der Waals surface area contributed by atoms with Crippen molar-refractivity contribution in [3.8, 4) is 5.75 Å². The van der Waals surface area contributed by atoms with Crippen LogP contribution in [0.2, 0.25) is 0 Å². The topological polar surface area (TPSA) is 190 Å². The number of hydrogen-bond acceptors (Lipinski definition) is 10. The van der Waals surface area contributed by atoms with Gasteiger partial charge in [0.1, 0.15) is 40.5 Å². The Morgan fingerprint density at radius 3 is 2.42 bits per heavy atom. The first-order valence-electron chi connectivity index (χ1n) is 20.0. The van der Waals surface area contributed by atoms with Gasteiger partial charge < -0.3 is 34.6 Å².